The molecule has 0 aliphatic rings. The Balaban J connectivity index is 1.75. The quantitative estimate of drug-likeness (QED) is 0.0164. The number of aliphatic imine (C=N–C) groups is 2. The third kappa shape index (κ3) is 22.4. The van der Waals surface area contributed by atoms with Crippen LogP contribution in [0, 0.1) is 0 Å². The molecule has 0 spiro atoms. The first-order chi connectivity index (χ1) is 35.1. The lowest BCUT2D eigenvalue weighted by atomic mass is 10.0. The number of hydrogen-bond donors (Lipinski definition) is 15. The minimum atomic E-state index is -1.47. The molecule has 0 bridgehead atoms. The number of carbonyl (C=O) groups excluding carboxylic acids is 8. The van der Waals surface area contributed by atoms with Gasteiger partial charge in [0.05, 0.1) is 18.9 Å². The molecule has 0 aliphatic carbocycles. The largest absolute Gasteiger partial charge is 0.480 e. The maximum absolute atomic E-state index is 14.3. The number of carboxylic acid groups (broad SMARTS) is 1. The van der Waals surface area contributed by atoms with Crippen LogP contribution in [0.1, 0.15) is 82.8 Å². The number of rotatable bonds is 33. The van der Waals surface area contributed by atoms with Gasteiger partial charge in [0.1, 0.15) is 36.3 Å². The molecule has 0 saturated carbocycles. The lowest BCUT2D eigenvalue weighted by molar-refractivity contribution is -0.142. The third-order valence-electron chi connectivity index (χ3n) is 11.3. The minimum Gasteiger partial charge on any atom is -0.480 e. The van der Waals surface area contributed by atoms with E-state index in [1.807, 2.05) is 6.07 Å². The number of unbranched alkanes of at least 4 members (excludes halogenated alkanes) is 1. The molecule has 2 aromatic carbocycles. The number of aliphatic hydroxyl groups excluding tert-OH is 1. The van der Waals surface area contributed by atoms with Crippen LogP contribution in [0.2, 0.25) is 0 Å². The Hall–Kier alpha value is -8.29. The molecule has 3 rings (SSSR count). The van der Waals surface area contributed by atoms with E-state index >= 15 is 0 Å². The van der Waals surface area contributed by atoms with Gasteiger partial charge in [-0.15, -0.1) is 0 Å². The van der Waals surface area contributed by atoms with Crippen LogP contribution >= 0.6 is 0 Å². The van der Waals surface area contributed by atoms with Gasteiger partial charge in [-0.25, -0.2) is 4.79 Å². The highest BCUT2D eigenvalue weighted by molar-refractivity contribution is 5.96. The topological polar surface area (TPSA) is 449 Å². The van der Waals surface area contributed by atoms with Gasteiger partial charge in [0.15, 0.2) is 11.9 Å². The van der Waals surface area contributed by atoms with Crippen molar-refractivity contribution in [1.82, 2.24) is 42.2 Å². The number of aromatic amines is 1. The number of nitrogens with two attached hydrogens (primary N) is 5. The molecule has 20 N–H and O–H groups in total. The van der Waals surface area contributed by atoms with Gasteiger partial charge < -0.3 is 81.1 Å². The summed E-state index contributed by atoms with van der Waals surface area (Å²) in [5, 5.41) is 38.8. The summed E-state index contributed by atoms with van der Waals surface area (Å²) >= 11 is 0. The predicted octanol–water partition coefficient (Wildman–Crippen LogP) is -2.99. The first kappa shape index (κ1) is 60.0. The second kappa shape index (κ2) is 31.2. The van der Waals surface area contributed by atoms with Crippen molar-refractivity contribution in [1.29, 1.82) is 0 Å². The second-order valence-electron chi connectivity index (χ2n) is 17.6. The zero-order chi connectivity index (χ0) is 54.7. The van der Waals surface area contributed by atoms with Crippen LogP contribution in [0.5, 0.6) is 0 Å². The number of aromatic nitrogens is 1. The molecule has 0 unspecified atom stereocenters. The molecular formula is C48H71N15O11. The van der Waals surface area contributed by atoms with Crippen molar-refractivity contribution in [2.45, 2.75) is 127 Å². The van der Waals surface area contributed by atoms with Crippen LogP contribution in [0.4, 0.5) is 0 Å². The van der Waals surface area contributed by atoms with Crippen LogP contribution in [-0.4, -0.2) is 142 Å². The molecule has 8 amide bonds. The van der Waals surface area contributed by atoms with Gasteiger partial charge in [-0.2, -0.15) is 0 Å². The van der Waals surface area contributed by atoms with Crippen LogP contribution < -0.4 is 65.9 Å². The predicted molar refractivity (Wildman–Crippen MR) is 274 cm³/mol. The Kier molecular flexibility index (Phi) is 25.3. The fraction of sp³-hybridized carbons (Fsp3) is 0.479. The molecule has 26 heteroatoms. The van der Waals surface area contributed by atoms with Crippen LogP contribution in [-0.2, 0) is 56.0 Å². The number of aliphatic hydroxyl groups is 1. The SMILES string of the molecule is CC(=O)N[C@@H](CCCN=C(N)N)C(=O)N[C@@H](CC(=O)NCCCC[C@H](NC(=O)[C@H](Cc1c[nH]c2ccccc12)NC(=O)[C@H](CCCN=C(N)N)NC(=O)[C@@H](Cc1ccccc1)NC(=O)C[C@@H](C)O)C(=O)O)C(N)=O. The zero-order valence-electron chi connectivity index (χ0n) is 41.6. The average molecular weight is 1030 g/mol. The molecule has 1 aromatic heterocycles. The standard InChI is InChI=1S/C48H71N15O11/c1-27(64)22-40(67)59-37(23-29-12-4-3-5-13-29)44(71)60-34(18-11-21-56-48(52)53)43(70)63-38(24-30-26-57-32-15-7-6-14-31(30)32)45(72)61-35(46(73)74)16-8-9-19-54-39(66)25-36(41(49)68)62-42(69)33(58-28(2)65)17-10-20-55-47(50)51/h3-7,12-15,26-27,33-38,57,64H,8-11,16-25H2,1-2H3,(H2,49,68)(H,54,66)(H,58,65)(H,59,67)(H,60,71)(H,61,72)(H,62,69)(H,63,70)(H,73,74)(H4,50,51,55)(H4,52,53,56)/t27-,33+,34+,35+,36+,37-,38+/m1/s1. The van der Waals surface area contributed by atoms with Crippen molar-refractivity contribution < 1.29 is 53.4 Å². The fourth-order valence-electron chi connectivity index (χ4n) is 7.63. The van der Waals surface area contributed by atoms with E-state index in [4.69, 9.17) is 28.7 Å². The number of carboxylic acids is 1. The summed E-state index contributed by atoms with van der Waals surface area (Å²) in [6.07, 6.45) is 0.502. The summed E-state index contributed by atoms with van der Waals surface area (Å²) in [5.41, 5.74) is 29.2. The lowest BCUT2D eigenvalue weighted by Gasteiger charge is -2.26. The number of primary amides is 1. The number of carbonyl (C=O) groups is 9. The molecule has 1 heterocycles. The smallest absolute Gasteiger partial charge is 0.326 e. The summed E-state index contributed by atoms with van der Waals surface area (Å²) in [5.74, 6) is -7.75. The number of benzene rings is 2. The summed E-state index contributed by atoms with van der Waals surface area (Å²) < 4.78 is 0. The van der Waals surface area contributed by atoms with Gasteiger partial charge in [0, 0.05) is 56.5 Å². The van der Waals surface area contributed by atoms with Gasteiger partial charge in [-0.1, -0.05) is 48.5 Å². The number of aliphatic carboxylic acids is 1. The Morgan fingerprint density at radius 2 is 1.09 bits per heavy atom. The number of guanidine groups is 2. The number of nitrogens with zero attached hydrogens (tertiary/aromatic N) is 2. The number of hydrogen-bond acceptors (Lipinski definition) is 12. The number of para-hydroxylation sites is 1. The number of nitrogens with one attached hydrogen (secondary N) is 8. The zero-order valence-corrected chi connectivity index (χ0v) is 41.6. The maximum Gasteiger partial charge on any atom is 0.326 e. The molecule has 26 nitrogen and oxygen atoms in total. The number of amides is 8. The molecule has 3 aromatic rings. The molecule has 74 heavy (non-hydrogen) atoms. The van der Waals surface area contributed by atoms with Gasteiger partial charge in [0.2, 0.25) is 47.3 Å². The van der Waals surface area contributed by atoms with Crippen molar-refractivity contribution >= 4 is 76.0 Å². The fourth-order valence-corrected chi connectivity index (χ4v) is 7.63. The summed E-state index contributed by atoms with van der Waals surface area (Å²) in [6.45, 7) is 2.86. The molecule has 0 fully saturated rings. The number of fused-ring (bicyclic) bond motifs is 1. The highest BCUT2D eigenvalue weighted by atomic mass is 16.4. The Morgan fingerprint density at radius 1 is 0.581 bits per heavy atom. The second-order valence-corrected chi connectivity index (χ2v) is 17.6. The molecule has 7 atom stereocenters. The number of H-pyrrole nitrogens is 1. The Morgan fingerprint density at radius 3 is 1.66 bits per heavy atom. The van der Waals surface area contributed by atoms with E-state index in [0.717, 1.165) is 10.9 Å². The van der Waals surface area contributed by atoms with E-state index in [1.54, 1.807) is 54.7 Å². The van der Waals surface area contributed by atoms with E-state index in [1.165, 1.54) is 13.8 Å². The van der Waals surface area contributed by atoms with Crippen molar-refractivity contribution in [3.63, 3.8) is 0 Å². The minimum absolute atomic E-state index is 0.00381. The van der Waals surface area contributed by atoms with Crippen LogP contribution in [0.3, 0.4) is 0 Å². The molecule has 0 aliphatic heterocycles. The van der Waals surface area contributed by atoms with Crippen molar-refractivity contribution in [2.24, 2.45) is 38.7 Å². The average Bonchev–Trinajstić information content (AvgIpc) is 3.74. The lowest BCUT2D eigenvalue weighted by Crippen LogP contribution is -2.58. The Labute approximate surface area is 427 Å². The van der Waals surface area contributed by atoms with Gasteiger partial charge in [0.25, 0.3) is 0 Å². The van der Waals surface area contributed by atoms with Crippen LogP contribution in [0.25, 0.3) is 10.9 Å². The van der Waals surface area contributed by atoms with E-state index in [9.17, 15) is 53.4 Å². The highest BCUT2D eigenvalue weighted by Gasteiger charge is 2.33. The van der Waals surface area contributed by atoms with E-state index in [2.05, 4.69) is 52.2 Å². The van der Waals surface area contributed by atoms with E-state index in [0.29, 0.717) is 17.5 Å². The molecule has 0 saturated heterocycles. The summed E-state index contributed by atoms with van der Waals surface area (Å²) in [4.78, 5) is 129. The molecule has 0 radical (unpaired) electrons. The summed E-state index contributed by atoms with van der Waals surface area (Å²) in [6, 6.07) is 8.08. The van der Waals surface area contributed by atoms with Gasteiger partial charge in [-0.3, -0.25) is 48.3 Å². The first-order valence-corrected chi connectivity index (χ1v) is 24.1. The normalized spacial score (nSPS) is 13.7. The van der Waals surface area contributed by atoms with Crippen LogP contribution in [0.15, 0.2) is 70.8 Å². The summed E-state index contributed by atoms with van der Waals surface area (Å²) in [7, 11) is 0. The van der Waals surface area contributed by atoms with Crippen molar-refractivity contribution in [3.05, 3.63) is 71.9 Å². The van der Waals surface area contributed by atoms with Crippen molar-refractivity contribution in [3.8, 4) is 0 Å². The van der Waals surface area contributed by atoms with Crippen molar-refractivity contribution in [2.75, 3.05) is 19.6 Å². The van der Waals surface area contributed by atoms with E-state index < -0.39 is 102 Å². The molecular weight excluding hydrogens is 963 g/mol. The third-order valence-corrected chi connectivity index (χ3v) is 11.3. The monoisotopic (exact) mass is 1030 g/mol. The Bertz CT molecular complexity index is 2440. The van der Waals surface area contributed by atoms with E-state index in [-0.39, 0.29) is 89.3 Å². The van der Waals surface area contributed by atoms with Gasteiger partial charge in [-0.05, 0) is 69.1 Å². The van der Waals surface area contributed by atoms with Gasteiger partial charge >= 0.3 is 5.97 Å². The highest BCUT2D eigenvalue weighted by Crippen LogP contribution is 2.20. The maximum atomic E-state index is 14.3. The molecule has 404 valence electrons. The first-order valence-electron chi connectivity index (χ1n) is 24.1.